The van der Waals surface area contributed by atoms with Crippen molar-refractivity contribution in [2.45, 2.75) is 248 Å². The third-order valence-electron chi connectivity index (χ3n) is 17.8. The van der Waals surface area contributed by atoms with Crippen LogP contribution in [0, 0.1) is 10.8 Å². The van der Waals surface area contributed by atoms with Crippen LogP contribution in [0.3, 0.4) is 0 Å². The minimum Gasteiger partial charge on any atom is -0.467 e. The lowest BCUT2D eigenvalue weighted by Crippen LogP contribution is -2.61. The number of hydrogen-bond donors (Lipinski definition) is 13. The van der Waals surface area contributed by atoms with Crippen LogP contribution in [0.15, 0.2) is 106 Å². The van der Waals surface area contributed by atoms with Crippen molar-refractivity contribution in [1.29, 1.82) is 0 Å². The molecule has 8 unspecified atom stereocenters. The number of alkyl carbamates (subject to hydrolysis) is 2. The summed E-state index contributed by atoms with van der Waals surface area (Å²) in [5.41, 5.74) is 4.99. The van der Waals surface area contributed by atoms with Gasteiger partial charge in [-0.15, -0.1) is 47.0 Å². The van der Waals surface area contributed by atoms with Crippen LogP contribution in [-0.2, 0) is 38.2 Å². The Morgan fingerprint density at radius 1 is 0.602 bits per heavy atom. The number of ketones is 1. The Hall–Kier alpha value is -6.36. The first-order valence-corrected chi connectivity index (χ1v) is 40.5. The lowest BCUT2D eigenvalue weighted by atomic mass is 9.85. The van der Waals surface area contributed by atoms with Crippen molar-refractivity contribution in [2.24, 2.45) is 16.6 Å². The molecule has 2 spiro atoms. The summed E-state index contributed by atoms with van der Waals surface area (Å²) in [4.78, 5) is 110. The topological polar surface area (TPSA) is 399 Å². The van der Waals surface area contributed by atoms with Gasteiger partial charge in [0.05, 0.1) is 57.4 Å². The third kappa shape index (κ3) is 28.1. The van der Waals surface area contributed by atoms with E-state index in [1.807, 2.05) is 128 Å². The summed E-state index contributed by atoms with van der Waals surface area (Å²) >= 11 is 6.97. The van der Waals surface area contributed by atoms with Crippen molar-refractivity contribution < 1.29 is 82.2 Å². The first-order valence-electron chi connectivity index (χ1n) is 36.6. The molecule has 0 radical (unpaired) electrons. The third-order valence-corrected chi connectivity index (χ3v) is 24.5. The van der Waals surface area contributed by atoms with Gasteiger partial charge in [-0.3, -0.25) is 39.0 Å². The Morgan fingerprint density at radius 2 is 1.10 bits per heavy atom. The standard InChI is InChI=1S/C38H57N5O8S2.C27H48N4O8S2.C11H11NO.CH4/c1-8-14-25(30(45)33(47)39-22-28(44)41-29(27-17-12-18-50-27)24-15-10-9-11-16-24)40-32(46)26-21-38(52-19-13-20-53-38)23-43(26)34(48)31(36(2,3)4)42-35(49)51-37(5,6)7;1-8-10-16(19(34)22(36)28-14-18(32)33)29-21(35)17-13-27(40-11-9-12-41-27)15-31(17)23(37)20(25(2,3)4)30-24(38)39-26(5,6)7;12-11(10-7-4-8-13-10)9-5-2-1-3-6-9;/h9-12,15-18,25-26,29-31,34,45,48H,8,13-14,19-23H2,1-7H3,(H,39,47)(H,40,46)(H,41,44)(H,42,49);16-18,20,22,28,32-33,36H,8-15H2,1-7H3,(H,29,35)(H,30,38);1-8,11H,12H2;1H4/t25?,26?,29?,30-,31?,34-;16?,17?,20?,22-;;/m10../s1. The zero-order valence-corrected chi connectivity index (χ0v) is 67.5. The van der Waals surface area contributed by atoms with Gasteiger partial charge >= 0.3 is 12.2 Å². The number of nitrogens with zero attached hydrogens (tertiary/aromatic N) is 2. The highest BCUT2D eigenvalue weighted by atomic mass is 32.2. The van der Waals surface area contributed by atoms with Crippen molar-refractivity contribution in [1.82, 2.24) is 47.0 Å². The summed E-state index contributed by atoms with van der Waals surface area (Å²) in [6.45, 7) is 25.2. The van der Waals surface area contributed by atoms with Crippen LogP contribution < -0.4 is 43.0 Å². The molecule has 14 N–H and O–H groups in total. The molecule has 31 heteroatoms. The fourth-order valence-corrected chi connectivity index (χ4v) is 19.3. The number of benzene rings is 2. The number of aliphatic hydroxyl groups excluding tert-OH is 4. The number of hydrogen-bond acceptors (Lipinski definition) is 24. The van der Waals surface area contributed by atoms with Gasteiger partial charge in [0.2, 0.25) is 23.6 Å². The molecule has 6 heterocycles. The van der Waals surface area contributed by atoms with E-state index in [0.29, 0.717) is 44.5 Å². The molecule has 604 valence electrons. The molecule has 4 aromatic rings. The minimum absolute atomic E-state index is 0. The number of rotatable bonds is 27. The predicted molar refractivity (Wildman–Crippen MR) is 424 cm³/mol. The van der Waals surface area contributed by atoms with Crippen LogP contribution in [0.4, 0.5) is 9.59 Å². The van der Waals surface area contributed by atoms with Gasteiger partial charge in [0, 0.05) is 26.1 Å². The maximum atomic E-state index is 14.2. The lowest BCUT2D eigenvalue weighted by Gasteiger charge is -2.41. The van der Waals surface area contributed by atoms with E-state index in [4.69, 9.17) is 34.3 Å². The minimum atomic E-state index is -1.76. The van der Waals surface area contributed by atoms with Gasteiger partial charge in [-0.25, -0.2) is 9.59 Å². The number of carbonyl (C=O) groups is 8. The van der Waals surface area contributed by atoms with Crippen molar-refractivity contribution in [3.63, 3.8) is 0 Å². The molecule has 27 nitrogen and oxygen atoms in total. The molecule has 4 aliphatic rings. The second-order valence-corrected chi connectivity index (χ2v) is 37.7. The van der Waals surface area contributed by atoms with E-state index in [9.17, 15) is 53.7 Å². The van der Waals surface area contributed by atoms with Gasteiger partial charge in [0.15, 0.2) is 24.4 Å². The average molecular weight is 1590 g/mol. The molecule has 108 heavy (non-hydrogen) atoms. The number of ether oxygens (including phenoxy) is 2. The number of likely N-dealkylation sites (tertiary alicyclic amines) is 2. The predicted octanol–water partition coefficient (Wildman–Crippen LogP) is 8.28. The van der Waals surface area contributed by atoms with E-state index >= 15 is 0 Å². The summed E-state index contributed by atoms with van der Waals surface area (Å²) in [5.74, 6) is 1.56. The molecule has 8 rings (SSSR count). The molecule has 2 aromatic carbocycles. The van der Waals surface area contributed by atoms with Gasteiger partial charge < -0.3 is 86.4 Å². The smallest absolute Gasteiger partial charge is 0.408 e. The molecular formula is C77H120N10O17S4. The van der Waals surface area contributed by atoms with Crippen LogP contribution in [0.2, 0.25) is 0 Å². The number of aliphatic hydroxyl groups is 5. The molecule has 0 bridgehead atoms. The van der Waals surface area contributed by atoms with Gasteiger partial charge in [-0.1, -0.05) is 136 Å². The number of furan rings is 2. The van der Waals surface area contributed by atoms with Crippen LogP contribution >= 0.6 is 47.0 Å². The van der Waals surface area contributed by atoms with E-state index in [1.54, 1.807) is 112 Å². The Labute approximate surface area is 654 Å². The first kappa shape index (κ1) is 92.2. The Balaban J connectivity index is 0.000000335. The van der Waals surface area contributed by atoms with Crippen LogP contribution in [0.5, 0.6) is 0 Å². The normalized spacial score (nSPS) is 19.7. The Kier molecular flexibility index (Phi) is 35.7. The summed E-state index contributed by atoms with van der Waals surface area (Å²) in [7, 11) is 0. The molecule has 0 saturated carbocycles. The summed E-state index contributed by atoms with van der Waals surface area (Å²) in [6, 6.07) is 20.1. The molecular weight excluding hydrogens is 1470 g/mol. The van der Waals surface area contributed by atoms with Crippen LogP contribution in [0.1, 0.15) is 190 Å². The van der Waals surface area contributed by atoms with Crippen molar-refractivity contribution in [3.8, 4) is 0 Å². The van der Waals surface area contributed by atoms with Gasteiger partial charge in [-0.05, 0) is 143 Å². The highest BCUT2D eigenvalue weighted by molar-refractivity contribution is 8.19. The quantitative estimate of drug-likeness (QED) is 0.0250. The van der Waals surface area contributed by atoms with E-state index < -0.39 is 154 Å². The molecule has 0 aliphatic carbocycles. The number of amides is 7. The van der Waals surface area contributed by atoms with Gasteiger partial charge in [0.1, 0.15) is 47.1 Å². The Bertz CT molecular complexity index is 3450. The number of Topliss-reactive ketones (excluding diaryl/α,β-unsaturated/α-hetero) is 1. The summed E-state index contributed by atoms with van der Waals surface area (Å²) in [6.07, 6.45) is -0.168. The van der Waals surface area contributed by atoms with Crippen LogP contribution in [-0.4, -0.2) is 212 Å². The highest BCUT2D eigenvalue weighted by Crippen LogP contribution is 2.52. The fraction of sp³-hybridized carbons (Fsp3) is 0.636. The lowest BCUT2D eigenvalue weighted by molar-refractivity contribution is -0.143. The fourth-order valence-electron chi connectivity index (χ4n) is 12.6. The van der Waals surface area contributed by atoms with E-state index in [-0.39, 0.29) is 30.4 Å². The molecule has 4 fully saturated rings. The maximum absolute atomic E-state index is 14.2. The number of nitrogens with two attached hydrogens (primary N) is 1. The largest absolute Gasteiger partial charge is 0.467 e. The first-order chi connectivity index (χ1) is 50.2. The SMILES string of the molecule is C.CCCC(NC(=O)C1CC2(CN1C(=O)C(NC(=O)OC(C)(C)C)C(C)(C)C)SCCCS2)C(=O)[C@H](O)NCC(O)O.CCCC(NC(=O)C1CC2(CN1[C@H](O)C(NC(=O)OC(C)(C)C)C(C)(C)C)SCCCS2)[C@@H](O)C(=O)NCC(=O)NC(c1ccccc1)c1ccco1.NC(c1ccccc1)c1ccco1. The van der Waals surface area contributed by atoms with Gasteiger partial charge in [-0.2, -0.15) is 0 Å². The van der Waals surface area contributed by atoms with Crippen molar-refractivity contribution in [2.75, 3.05) is 49.2 Å². The highest BCUT2D eigenvalue weighted by Gasteiger charge is 2.55. The molecule has 4 saturated heterocycles. The van der Waals surface area contributed by atoms with Crippen molar-refractivity contribution in [3.05, 3.63) is 120 Å². The molecule has 7 amide bonds. The monoisotopic (exact) mass is 1580 g/mol. The second-order valence-electron chi connectivity index (χ2n) is 31.3. The maximum Gasteiger partial charge on any atom is 0.408 e. The Morgan fingerprint density at radius 3 is 1.59 bits per heavy atom. The van der Waals surface area contributed by atoms with E-state index in [0.717, 1.165) is 52.7 Å². The molecule has 4 aliphatic heterocycles. The average Bonchev–Trinajstić information content (AvgIpc) is 1.62. The number of carbonyl (C=O) groups excluding carboxylic acids is 8. The van der Waals surface area contributed by atoms with Crippen molar-refractivity contribution >= 4 is 94.6 Å². The molecule has 11 atom stereocenters. The second kappa shape index (κ2) is 41.8. The van der Waals surface area contributed by atoms with Crippen LogP contribution in [0.25, 0.3) is 0 Å². The number of nitrogens with one attached hydrogen (secondary N) is 7. The summed E-state index contributed by atoms with van der Waals surface area (Å²) < 4.78 is 21.0. The number of thioether (sulfide) groups is 4. The van der Waals surface area contributed by atoms with E-state index in [2.05, 4.69) is 37.2 Å². The van der Waals surface area contributed by atoms with E-state index in [1.165, 1.54) is 11.2 Å². The zero-order valence-electron chi connectivity index (χ0n) is 64.2. The molecule has 2 aromatic heterocycles. The summed E-state index contributed by atoms with van der Waals surface area (Å²) in [5, 5.41) is 70.5. The zero-order chi connectivity index (χ0) is 79.2. The van der Waals surface area contributed by atoms with Gasteiger partial charge in [0.25, 0.3) is 5.91 Å².